The van der Waals surface area contributed by atoms with Crippen LogP contribution < -0.4 is 11.2 Å². The number of methoxy groups -OCH3 is 1. The highest BCUT2D eigenvalue weighted by Gasteiger charge is 2.03. The molecule has 96 valence electrons. The van der Waals surface area contributed by atoms with Gasteiger partial charge in [0.2, 0.25) is 5.88 Å². The van der Waals surface area contributed by atoms with E-state index in [9.17, 15) is 14.7 Å². The van der Waals surface area contributed by atoms with Crippen molar-refractivity contribution >= 4 is 0 Å². The highest BCUT2D eigenvalue weighted by atomic mass is 16.5. The molecule has 0 fully saturated rings. The number of aromatic amines is 1. The molecular weight excluding hydrogens is 228 g/mol. The lowest BCUT2D eigenvalue weighted by Gasteiger charge is -2.07. The number of ether oxygens (including phenoxy) is 2. The number of nitrogens with one attached hydrogen (secondary N) is 1. The van der Waals surface area contributed by atoms with E-state index in [0.717, 1.165) is 10.6 Å². The van der Waals surface area contributed by atoms with Gasteiger partial charge in [-0.25, -0.2) is 4.79 Å². The van der Waals surface area contributed by atoms with E-state index >= 15 is 0 Å². The molecule has 0 saturated carbocycles. The predicted molar refractivity (Wildman–Crippen MR) is 60.3 cm³/mol. The Bertz CT molecular complexity index is 451. The predicted octanol–water partition coefficient (Wildman–Crippen LogP) is -0.705. The summed E-state index contributed by atoms with van der Waals surface area (Å²) in [4.78, 5) is 24.2. The van der Waals surface area contributed by atoms with Crippen molar-refractivity contribution in [3.63, 3.8) is 0 Å². The highest BCUT2D eigenvalue weighted by Crippen LogP contribution is 2.01. The third-order valence-electron chi connectivity index (χ3n) is 2.11. The molecule has 0 saturated heterocycles. The minimum Gasteiger partial charge on any atom is -0.494 e. The van der Waals surface area contributed by atoms with E-state index < -0.39 is 11.2 Å². The molecule has 0 bridgehead atoms. The first-order chi connectivity index (χ1) is 8.15. The normalized spacial score (nSPS) is 10.6. The van der Waals surface area contributed by atoms with Crippen LogP contribution in [0.15, 0.2) is 15.7 Å². The van der Waals surface area contributed by atoms with Gasteiger partial charge >= 0.3 is 5.69 Å². The quantitative estimate of drug-likeness (QED) is 0.618. The lowest BCUT2D eigenvalue weighted by atomic mass is 10.4. The van der Waals surface area contributed by atoms with Crippen molar-refractivity contribution in [1.29, 1.82) is 0 Å². The van der Waals surface area contributed by atoms with Gasteiger partial charge in [0.1, 0.15) is 0 Å². The largest absolute Gasteiger partial charge is 0.494 e. The molecule has 0 aliphatic rings. The van der Waals surface area contributed by atoms with Crippen molar-refractivity contribution in [2.24, 2.45) is 0 Å². The van der Waals surface area contributed by atoms with Gasteiger partial charge in [0, 0.05) is 20.3 Å². The zero-order valence-corrected chi connectivity index (χ0v) is 9.64. The number of nitrogens with zero attached hydrogens (tertiary/aromatic N) is 1. The summed E-state index contributed by atoms with van der Waals surface area (Å²) >= 11 is 0. The number of rotatable bonds is 7. The molecule has 0 atom stereocenters. The molecule has 0 unspecified atom stereocenters. The zero-order valence-electron chi connectivity index (χ0n) is 9.64. The smallest absolute Gasteiger partial charge is 0.331 e. The van der Waals surface area contributed by atoms with Crippen molar-refractivity contribution in [1.82, 2.24) is 9.55 Å². The van der Waals surface area contributed by atoms with E-state index in [2.05, 4.69) is 4.98 Å². The lowest BCUT2D eigenvalue weighted by molar-refractivity contribution is 0.0676. The first kappa shape index (κ1) is 13.5. The van der Waals surface area contributed by atoms with Crippen molar-refractivity contribution in [3.8, 4) is 5.88 Å². The third-order valence-corrected chi connectivity index (χ3v) is 2.11. The molecule has 7 nitrogen and oxygen atoms in total. The van der Waals surface area contributed by atoms with Crippen LogP contribution in [0.1, 0.15) is 6.42 Å². The Morgan fingerprint density at radius 3 is 2.76 bits per heavy atom. The first-order valence-corrected chi connectivity index (χ1v) is 5.25. The van der Waals surface area contributed by atoms with Crippen molar-refractivity contribution in [3.05, 3.63) is 26.9 Å². The Morgan fingerprint density at radius 2 is 2.12 bits per heavy atom. The maximum atomic E-state index is 11.3. The average molecular weight is 244 g/mol. The number of H-pyrrole nitrogens is 1. The van der Waals surface area contributed by atoms with Crippen LogP contribution in [0.2, 0.25) is 0 Å². The standard InChI is InChI=1S/C10H16N2O5/c1-16-5-6-17-4-2-3-12-9(14)7-8(13)11-10(12)15/h7,14H,2-6H2,1H3,(H,11,13,15). The SMILES string of the molecule is COCCOCCCn1c(O)cc(=O)[nH]c1=O. The van der Waals surface area contributed by atoms with Crippen molar-refractivity contribution in [2.75, 3.05) is 26.9 Å². The van der Waals surface area contributed by atoms with Gasteiger partial charge < -0.3 is 14.6 Å². The second-order valence-electron chi connectivity index (χ2n) is 3.41. The summed E-state index contributed by atoms with van der Waals surface area (Å²) in [5.41, 5.74) is -1.23. The van der Waals surface area contributed by atoms with Gasteiger partial charge in [0.15, 0.2) is 0 Å². The van der Waals surface area contributed by atoms with Gasteiger partial charge in [-0.05, 0) is 6.42 Å². The molecule has 0 amide bonds. The minimum atomic E-state index is -0.619. The Balaban J connectivity index is 2.42. The van der Waals surface area contributed by atoms with Gasteiger partial charge in [-0.2, -0.15) is 0 Å². The van der Waals surface area contributed by atoms with Crippen LogP contribution >= 0.6 is 0 Å². The molecule has 1 aromatic rings. The van der Waals surface area contributed by atoms with E-state index in [1.165, 1.54) is 0 Å². The van der Waals surface area contributed by atoms with Gasteiger partial charge in [-0.3, -0.25) is 14.3 Å². The first-order valence-electron chi connectivity index (χ1n) is 5.25. The number of aromatic hydroxyl groups is 1. The Hall–Kier alpha value is -1.60. The fourth-order valence-corrected chi connectivity index (χ4v) is 1.29. The molecule has 0 aromatic carbocycles. The third kappa shape index (κ3) is 4.41. The molecule has 0 aliphatic carbocycles. The molecular formula is C10H16N2O5. The van der Waals surface area contributed by atoms with Gasteiger partial charge in [-0.15, -0.1) is 0 Å². The average Bonchev–Trinajstić information content (AvgIpc) is 2.26. The van der Waals surface area contributed by atoms with Gasteiger partial charge in [-0.1, -0.05) is 0 Å². The van der Waals surface area contributed by atoms with Crippen LogP contribution in [0.4, 0.5) is 0 Å². The zero-order chi connectivity index (χ0) is 12.7. The van der Waals surface area contributed by atoms with E-state index in [1.807, 2.05) is 0 Å². The molecule has 1 rings (SSSR count). The van der Waals surface area contributed by atoms with Crippen LogP contribution in [0, 0.1) is 0 Å². The summed E-state index contributed by atoms with van der Waals surface area (Å²) in [5.74, 6) is -0.337. The Labute approximate surface area is 97.6 Å². The molecule has 1 aromatic heterocycles. The van der Waals surface area contributed by atoms with Crippen LogP contribution in [0.5, 0.6) is 5.88 Å². The molecule has 0 spiro atoms. The van der Waals surface area contributed by atoms with E-state index in [1.54, 1.807) is 7.11 Å². The van der Waals surface area contributed by atoms with E-state index in [4.69, 9.17) is 9.47 Å². The highest BCUT2D eigenvalue weighted by molar-refractivity contribution is 5.05. The molecule has 17 heavy (non-hydrogen) atoms. The fraction of sp³-hybridized carbons (Fsp3) is 0.600. The van der Waals surface area contributed by atoms with Gasteiger partial charge in [0.05, 0.1) is 19.3 Å². The number of hydrogen-bond acceptors (Lipinski definition) is 5. The van der Waals surface area contributed by atoms with Crippen LogP contribution in [0.3, 0.4) is 0 Å². The second-order valence-corrected chi connectivity index (χ2v) is 3.41. The van der Waals surface area contributed by atoms with E-state index in [-0.39, 0.29) is 12.4 Å². The molecule has 1 heterocycles. The Kier molecular flexibility index (Phi) is 5.44. The molecule has 7 heteroatoms. The van der Waals surface area contributed by atoms with Crippen LogP contribution in [0.25, 0.3) is 0 Å². The van der Waals surface area contributed by atoms with Crippen molar-refractivity contribution in [2.45, 2.75) is 13.0 Å². The minimum absolute atomic E-state index is 0.286. The summed E-state index contributed by atoms with van der Waals surface area (Å²) in [6.07, 6.45) is 0.559. The monoisotopic (exact) mass is 244 g/mol. The molecule has 2 N–H and O–H groups in total. The maximum absolute atomic E-state index is 11.3. The van der Waals surface area contributed by atoms with Crippen LogP contribution in [-0.2, 0) is 16.0 Å². The number of hydrogen-bond donors (Lipinski definition) is 2. The lowest BCUT2D eigenvalue weighted by Crippen LogP contribution is -2.29. The maximum Gasteiger partial charge on any atom is 0.331 e. The summed E-state index contributed by atoms with van der Waals surface area (Å²) in [5, 5.41) is 9.40. The molecule has 0 radical (unpaired) electrons. The summed E-state index contributed by atoms with van der Waals surface area (Å²) in [7, 11) is 1.58. The van der Waals surface area contributed by atoms with Crippen molar-refractivity contribution < 1.29 is 14.6 Å². The number of aromatic nitrogens is 2. The Morgan fingerprint density at radius 1 is 1.35 bits per heavy atom. The van der Waals surface area contributed by atoms with Gasteiger partial charge in [0.25, 0.3) is 5.56 Å². The van der Waals surface area contributed by atoms with E-state index in [0.29, 0.717) is 26.2 Å². The summed E-state index contributed by atoms with van der Waals surface area (Å²) in [6, 6.07) is 0.965. The molecule has 0 aliphatic heterocycles. The fourth-order valence-electron chi connectivity index (χ4n) is 1.29. The topological polar surface area (TPSA) is 93.6 Å². The van der Waals surface area contributed by atoms with Crippen LogP contribution in [-0.4, -0.2) is 41.6 Å². The second kappa shape index (κ2) is 6.87. The summed E-state index contributed by atoms with van der Waals surface area (Å²) < 4.78 is 11.1. The summed E-state index contributed by atoms with van der Waals surface area (Å²) in [6.45, 7) is 1.75.